The minimum atomic E-state index is -1.22. The number of rotatable bonds is 8. The maximum absolute atomic E-state index is 13.6. The van der Waals surface area contributed by atoms with E-state index in [-0.39, 0.29) is 23.9 Å². The average molecular weight is 461 g/mol. The smallest absolute Gasteiger partial charge is 0.404 e. The van der Waals surface area contributed by atoms with Crippen LogP contribution < -0.4 is 20.3 Å². The number of nitrogens with one attached hydrogen (secondary N) is 1. The molecular weight excluding hydrogens is 439 g/mol. The first-order chi connectivity index (χ1) is 15.3. The quantitative estimate of drug-likeness (QED) is 0.521. The van der Waals surface area contributed by atoms with Crippen molar-refractivity contribution in [1.82, 2.24) is 9.88 Å². The summed E-state index contributed by atoms with van der Waals surface area (Å²) in [6.07, 6.45) is -1.22. The zero-order chi connectivity index (χ0) is 23.3. The molecule has 1 amide bonds. The molecule has 0 bridgehead atoms. The Morgan fingerprint density at radius 3 is 2.69 bits per heavy atom. The molecule has 3 aromatic rings. The van der Waals surface area contributed by atoms with Gasteiger partial charge in [0, 0.05) is 18.3 Å². The number of aryl methyl sites for hydroxylation is 1. The summed E-state index contributed by atoms with van der Waals surface area (Å²) in [4.78, 5) is 23.6. The third-order valence-corrected chi connectivity index (χ3v) is 5.22. The summed E-state index contributed by atoms with van der Waals surface area (Å²) in [5, 5.41) is 10.9. The maximum atomic E-state index is 13.6. The molecule has 0 atom stereocenters. The van der Waals surface area contributed by atoms with Crippen molar-refractivity contribution < 1.29 is 23.8 Å². The molecule has 7 nitrogen and oxygen atoms in total. The van der Waals surface area contributed by atoms with E-state index in [1.54, 1.807) is 20.1 Å². The van der Waals surface area contributed by atoms with Gasteiger partial charge < -0.3 is 24.5 Å². The van der Waals surface area contributed by atoms with Gasteiger partial charge in [0.05, 0.1) is 13.7 Å². The van der Waals surface area contributed by atoms with Crippen molar-refractivity contribution >= 4 is 17.7 Å². The molecule has 0 radical (unpaired) electrons. The van der Waals surface area contributed by atoms with Crippen LogP contribution in [0, 0.1) is 12.7 Å². The molecule has 0 spiro atoms. The van der Waals surface area contributed by atoms with Gasteiger partial charge in [-0.15, -0.1) is 0 Å². The minimum Gasteiger partial charge on any atom is -0.497 e. The molecule has 2 aromatic carbocycles. The van der Waals surface area contributed by atoms with Gasteiger partial charge in [-0.25, -0.2) is 9.18 Å². The molecule has 0 unspecified atom stereocenters. The number of nitrogens with zero attached hydrogens (tertiary/aromatic N) is 1. The Morgan fingerprint density at radius 1 is 1.19 bits per heavy atom. The van der Waals surface area contributed by atoms with Gasteiger partial charge in [0.15, 0.2) is 0 Å². The van der Waals surface area contributed by atoms with Crippen molar-refractivity contribution in [3.63, 3.8) is 0 Å². The second kappa shape index (κ2) is 10.2. The lowest BCUT2D eigenvalue weighted by Crippen LogP contribution is -2.24. The number of methoxy groups -OCH3 is 1. The average Bonchev–Trinajstić information content (AvgIpc) is 2.77. The fraction of sp³-hybridized carbons (Fsp3) is 0.217. The van der Waals surface area contributed by atoms with Gasteiger partial charge in [-0.05, 0) is 47.9 Å². The number of carboxylic acid groups (broad SMARTS) is 1. The van der Waals surface area contributed by atoms with Crippen molar-refractivity contribution in [3.8, 4) is 11.5 Å². The molecule has 0 fully saturated rings. The Bertz CT molecular complexity index is 1200. The highest BCUT2D eigenvalue weighted by Gasteiger charge is 2.14. The van der Waals surface area contributed by atoms with Crippen LogP contribution in [-0.4, -0.2) is 22.9 Å². The van der Waals surface area contributed by atoms with E-state index in [2.05, 4.69) is 5.32 Å². The van der Waals surface area contributed by atoms with Crippen LogP contribution in [0.4, 0.5) is 9.18 Å². The zero-order valence-electron chi connectivity index (χ0n) is 17.5. The van der Waals surface area contributed by atoms with Crippen molar-refractivity contribution in [2.24, 2.45) is 0 Å². The minimum absolute atomic E-state index is 0.0184. The summed E-state index contributed by atoms with van der Waals surface area (Å²) in [7, 11) is 1.57. The van der Waals surface area contributed by atoms with Crippen LogP contribution in [0.5, 0.6) is 11.5 Å². The van der Waals surface area contributed by atoms with Crippen LogP contribution >= 0.6 is 11.6 Å². The Hall–Kier alpha value is -3.52. The third kappa shape index (κ3) is 5.59. The molecule has 32 heavy (non-hydrogen) atoms. The summed E-state index contributed by atoms with van der Waals surface area (Å²) in [6, 6.07) is 13.0. The second-order valence-corrected chi connectivity index (χ2v) is 7.45. The second-order valence-electron chi connectivity index (χ2n) is 7.07. The summed E-state index contributed by atoms with van der Waals surface area (Å²) in [6.45, 7) is 1.98. The molecule has 0 aliphatic rings. The van der Waals surface area contributed by atoms with E-state index in [0.29, 0.717) is 29.1 Å². The lowest BCUT2D eigenvalue weighted by atomic mass is 10.1. The van der Waals surface area contributed by atoms with Crippen molar-refractivity contribution in [2.75, 3.05) is 7.11 Å². The van der Waals surface area contributed by atoms with E-state index in [1.807, 2.05) is 24.3 Å². The number of benzene rings is 2. The third-order valence-electron chi connectivity index (χ3n) is 4.87. The largest absolute Gasteiger partial charge is 0.497 e. The summed E-state index contributed by atoms with van der Waals surface area (Å²) in [5.74, 6) is 0.384. The van der Waals surface area contributed by atoms with Crippen LogP contribution in [0.2, 0.25) is 5.02 Å². The molecule has 0 saturated carbocycles. The Morgan fingerprint density at radius 2 is 1.97 bits per heavy atom. The Balaban J connectivity index is 1.82. The number of carbonyl (C=O) groups is 1. The first kappa shape index (κ1) is 23.1. The van der Waals surface area contributed by atoms with E-state index in [4.69, 9.17) is 26.2 Å². The lowest BCUT2D eigenvalue weighted by molar-refractivity contribution is 0.194. The number of pyridine rings is 1. The zero-order valence-corrected chi connectivity index (χ0v) is 18.3. The fourth-order valence-corrected chi connectivity index (χ4v) is 3.41. The van der Waals surface area contributed by atoms with Crippen molar-refractivity contribution in [1.29, 1.82) is 0 Å². The number of hydrogen-bond donors (Lipinski definition) is 2. The summed E-state index contributed by atoms with van der Waals surface area (Å²) in [5.41, 5.74) is 2.10. The SMILES string of the molecule is COc1cccc(Cn2c(C)cc(OCc3ccc(F)cc3CNC(=O)O)c(Cl)c2=O)c1. The van der Waals surface area contributed by atoms with Crippen LogP contribution in [0.25, 0.3) is 0 Å². The van der Waals surface area contributed by atoms with Gasteiger partial charge in [0.1, 0.15) is 28.9 Å². The van der Waals surface area contributed by atoms with Gasteiger partial charge in [-0.3, -0.25) is 4.79 Å². The first-order valence-electron chi connectivity index (χ1n) is 9.68. The topological polar surface area (TPSA) is 89.8 Å². The molecule has 168 valence electrons. The molecule has 1 aromatic heterocycles. The van der Waals surface area contributed by atoms with Crippen LogP contribution in [0.1, 0.15) is 22.4 Å². The number of amides is 1. The van der Waals surface area contributed by atoms with Crippen LogP contribution in [0.15, 0.2) is 53.3 Å². The molecule has 0 saturated heterocycles. The van der Waals surface area contributed by atoms with Gasteiger partial charge in [-0.1, -0.05) is 29.8 Å². The number of hydrogen-bond acceptors (Lipinski definition) is 4. The van der Waals surface area contributed by atoms with Gasteiger partial charge >= 0.3 is 6.09 Å². The molecule has 2 N–H and O–H groups in total. The van der Waals surface area contributed by atoms with Crippen molar-refractivity contribution in [3.05, 3.63) is 92.1 Å². The highest BCUT2D eigenvalue weighted by molar-refractivity contribution is 6.31. The van der Waals surface area contributed by atoms with Crippen LogP contribution in [0.3, 0.4) is 0 Å². The number of halogens is 2. The highest BCUT2D eigenvalue weighted by Crippen LogP contribution is 2.24. The normalized spacial score (nSPS) is 10.6. The highest BCUT2D eigenvalue weighted by atomic mass is 35.5. The van der Waals surface area contributed by atoms with Crippen LogP contribution in [-0.2, 0) is 19.7 Å². The predicted molar refractivity (Wildman–Crippen MR) is 118 cm³/mol. The molecule has 1 heterocycles. The first-order valence-corrected chi connectivity index (χ1v) is 10.1. The molecule has 3 rings (SSSR count). The molecule has 0 aliphatic heterocycles. The van der Waals surface area contributed by atoms with Gasteiger partial charge in [0.25, 0.3) is 5.56 Å². The van der Waals surface area contributed by atoms with E-state index in [9.17, 15) is 14.0 Å². The van der Waals surface area contributed by atoms with Gasteiger partial charge in [0.2, 0.25) is 0 Å². The number of aromatic nitrogens is 1. The molecule has 0 aliphatic carbocycles. The summed E-state index contributed by atoms with van der Waals surface area (Å²) >= 11 is 6.30. The van der Waals surface area contributed by atoms with Gasteiger partial charge in [-0.2, -0.15) is 0 Å². The van der Waals surface area contributed by atoms with E-state index in [1.165, 1.54) is 22.8 Å². The Kier molecular flexibility index (Phi) is 7.37. The standard InChI is InChI=1S/C23H22ClFN2O5/c1-14-8-20(32-13-16-6-7-18(25)10-17(16)11-26-23(29)30)21(24)22(28)27(14)12-15-4-3-5-19(9-15)31-2/h3-10,26H,11-13H2,1-2H3,(H,29,30). The predicted octanol–water partition coefficient (Wildman–Crippen LogP) is 4.35. The van der Waals surface area contributed by atoms with Crippen molar-refractivity contribution in [2.45, 2.75) is 26.6 Å². The fourth-order valence-electron chi connectivity index (χ4n) is 3.20. The monoisotopic (exact) mass is 460 g/mol. The molecular formula is C23H22ClFN2O5. The Labute approximate surface area is 189 Å². The number of ether oxygens (including phenoxy) is 2. The maximum Gasteiger partial charge on any atom is 0.404 e. The molecule has 9 heteroatoms. The van der Waals surface area contributed by atoms with E-state index >= 15 is 0 Å². The van der Waals surface area contributed by atoms with E-state index in [0.717, 1.165) is 5.56 Å². The summed E-state index contributed by atoms with van der Waals surface area (Å²) < 4.78 is 26.1. The lowest BCUT2D eigenvalue weighted by Gasteiger charge is -2.16. The van der Waals surface area contributed by atoms with E-state index < -0.39 is 17.5 Å².